The molecule has 55 heavy (non-hydrogen) atoms. The molecule has 0 radical (unpaired) electrons. The Kier molecular flexibility index (Phi) is 8.61. The first-order valence-electron chi connectivity index (χ1n) is 20.1. The van der Waals surface area contributed by atoms with E-state index < -0.39 is 6.17 Å². The van der Waals surface area contributed by atoms with Crippen molar-refractivity contribution in [2.45, 2.75) is 89.3 Å². The number of alkyl halides is 1. The van der Waals surface area contributed by atoms with E-state index in [0.29, 0.717) is 95.5 Å². The quantitative estimate of drug-likeness (QED) is 0.276. The Morgan fingerprint density at radius 2 is 1.96 bits per heavy atom. The van der Waals surface area contributed by atoms with E-state index in [0.717, 1.165) is 78.0 Å². The van der Waals surface area contributed by atoms with E-state index in [1.54, 1.807) is 18.2 Å². The van der Waals surface area contributed by atoms with Crippen molar-refractivity contribution in [2.75, 3.05) is 62.3 Å². The average molecular weight is 755 g/mol. The first kappa shape index (κ1) is 34.9. The maximum absolute atomic E-state index is 15.2. The van der Waals surface area contributed by atoms with Gasteiger partial charge in [0.15, 0.2) is 5.69 Å². The van der Waals surface area contributed by atoms with Crippen LogP contribution in [-0.2, 0) is 37.2 Å². The molecule has 2 bridgehead atoms. The summed E-state index contributed by atoms with van der Waals surface area (Å²) >= 11 is 0. The van der Waals surface area contributed by atoms with E-state index in [1.165, 1.54) is 6.07 Å². The summed E-state index contributed by atoms with van der Waals surface area (Å²) in [5.41, 5.74) is 4.28. The third kappa shape index (κ3) is 6.07. The van der Waals surface area contributed by atoms with Crippen molar-refractivity contribution in [2.24, 2.45) is 5.92 Å². The fraction of sp³-hybridized carbons (Fsp3) is 0.561. The third-order valence-corrected chi connectivity index (χ3v) is 13.0. The number of phenols is 1. The Balaban J connectivity index is 0.992. The molecule has 12 nitrogen and oxygen atoms in total. The summed E-state index contributed by atoms with van der Waals surface area (Å²) in [5, 5.41) is 17.2. The van der Waals surface area contributed by atoms with Gasteiger partial charge in [-0.15, -0.1) is 0 Å². The minimum absolute atomic E-state index is 0.0336. The van der Waals surface area contributed by atoms with Crippen molar-refractivity contribution in [1.82, 2.24) is 29.5 Å². The molecule has 6 aliphatic heterocycles. The Hall–Kier alpha value is -4.56. The first-order valence-corrected chi connectivity index (χ1v) is 20.1. The molecule has 2 aromatic heterocycles. The predicted molar refractivity (Wildman–Crippen MR) is 202 cm³/mol. The van der Waals surface area contributed by atoms with E-state index in [9.17, 15) is 14.3 Å². The van der Waals surface area contributed by atoms with Gasteiger partial charge < -0.3 is 29.3 Å². The fourth-order valence-electron chi connectivity index (χ4n) is 10.4. The molecule has 8 heterocycles. The topological polar surface area (TPSA) is 112 Å². The highest BCUT2D eigenvalue weighted by atomic mass is 19.1. The fourth-order valence-corrected chi connectivity index (χ4v) is 10.4. The summed E-state index contributed by atoms with van der Waals surface area (Å²) in [6.45, 7) is 8.51. The van der Waals surface area contributed by atoms with Crippen LogP contribution in [0.3, 0.4) is 0 Å². The largest absolute Gasteiger partial charge is 0.508 e. The van der Waals surface area contributed by atoms with E-state index in [2.05, 4.69) is 14.7 Å². The number of benzene rings is 2. The zero-order valence-corrected chi connectivity index (χ0v) is 31.4. The lowest BCUT2D eigenvalue weighted by molar-refractivity contribution is 0.0460. The molecular weight excluding hydrogens is 706 g/mol. The number of aryl methyl sites for hydroxylation is 2. The zero-order valence-electron chi connectivity index (χ0n) is 31.4. The average Bonchev–Trinajstić information content (AvgIpc) is 3.89. The molecule has 2 aromatic carbocycles. The van der Waals surface area contributed by atoms with Crippen LogP contribution in [0.15, 0.2) is 30.3 Å². The summed E-state index contributed by atoms with van der Waals surface area (Å²) in [6.07, 6.45) is 4.40. The molecule has 1 amide bonds. The number of hydrogen-bond donors (Lipinski definition) is 1. The molecule has 4 fully saturated rings. The van der Waals surface area contributed by atoms with Crippen LogP contribution in [0.1, 0.15) is 72.0 Å². The number of ether oxygens (including phenoxy) is 2. The summed E-state index contributed by atoms with van der Waals surface area (Å²) in [5.74, 6) is 1.01. The Morgan fingerprint density at radius 3 is 2.84 bits per heavy atom. The summed E-state index contributed by atoms with van der Waals surface area (Å²) < 4.78 is 44.1. The molecule has 14 heteroatoms. The first-order chi connectivity index (χ1) is 26.7. The Morgan fingerprint density at radius 1 is 1.05 bits per heavy atom. The molecule has 6 aliphatic rings. The highest BCUT2D eigenvalue weighted by Gasteiger charge is 2.49. The minimum Gasteiger partial charge on any atom is -0.508 e. The van der Waals surface area contributed by atoms with Crippen LogP contribution in [0.5, 0.6) is 11.8 Å². The monoisotopic (exact) mass is 754 g/mol. The zero-order chi connectivity index (χ0) is 37.4. The number of halogens is 2. The normalized spacial score (nSPS) is 26.3. The summed E-state index contributed by atoms with van der Waals surface area (Å²) in [6, 6.07) is 8.91. The molecule has 4 aromatic rings. The second kappa shape index (κ2) is 13.6. The number of likely N-dealkylation sites (tertiary alicyclic amines) is 1. The van der Waals surface area contributed by atoms with Crippen molar-refractivity contribution < 1.29 is 28.2 Å². The lowest BCUT2D eigenvalue weighted by Gasteiger charge is -2.35. The van der Waals surface area contributed by atoms with E-state index in [1.807, 2.05) is 22.6 Å². The van der Waals surface area contributed by atoms with Crippen molar-refractivity contribution in [3.63, 3.8) is 0 Å². The van der Waals surface area contributed by atoms with Gasteiger partial charge in [-0.1, -0.05) is 13.0 Å². The summed E-state index contributed by atoms with van der Waals surface area (Å²) in [4.78, 5) is 32.5. The molecule has 10 rings (SSSR count). The van der Waals surface area contributed by atoms with Gasteiger partial charge in [-0.3, -0.25) is 14.4 Å². The van der Waals surface area contributed by atoms with Gasteiger partial charge in [0, 0.05) is 67.8 Å². The lowest BCUT2D eigenvalue weighted by Crippen LogP contribution is -2.43. The maximum atomic E-state index is 15.2. The highest BCUT2D eigenvalue weighted by molar-refractivity contribution is 5.98. The SMILES string of the molecule is CCc1c(F)ccc2cc(O)cc(N3CCc4c(nc(OC[C@@]56CCCN5C[C@H](F)C6)nc4N4CCCn5nc(C(=O)N6CC7COCC6C7)cc5C4)C3)c12. The number of carbonyl (C=O) groups excluding carboxylic acids is 1. The van der Waals surface area contributed by atoms with Crippen molar-refractivity contribution in [3.05, 3.63) is 64.4 Å². The van der Waals surface area contributed by atoms with Crippen LogP contribution in [0.25, 0.3) is 10.8 Å². The number of amides is 1. The number of carbonyl (C=O) groups is 1. The number of nitrogens with zero attached hydrogens (tertiary/aromatic N) is 8. The number of aromatic nitrogens is 4. The minimum atomic E-state index is -0.871. The van der Waals surface area contributed by atoms with E-state index in [4.69, 9.17) is 24.5 Å². The molecule has 0 aliphatic carbocycles. The van der Waals surface area contributed by atoms with Crippen molar-refractivity contribution >= 4 is 28.2 Å². The molecule has 4 saturated heterocycles. The maximum Gasteiger partial charge on any atom is 0.318 e. The second-order valence-electron chi connectivity index (χ2n) is 16.5. The number of hydrogen-bond acceptors (Lipinski definition) is 10. The summed E-state index contributed by atoms with van der Waals surface area (Å²) in [7, 11) is 0. The Bertz CT molecular complexity index is 2160. The van der Waals surface area contributed by atoms with E-state index >= 15 is 4.39 Å². The van der Waals surface area contributed by atoms with Crippen molar-refractivity contribution in [3.8, 4) is 11.8 Å². The van der Waals surface area contributed by atoms with Gasteiger partial charge in [0.25, 0.3) is 5.91 Å². The second-order valence-corrected chi connectivity index (χ2v) is 16.5. The van der Waals surface area contributed by atoms with Gasteiger partial charge in [0.05, 0.1) is 49.3 Å². The van der Waals surface area contributed by atoms with Gasteiger partial charge in [0.2, 0.25) is 0 Å². The van der Waals surface area contributed by atoms with Crippen LogP contribution >= 0.6 is 0 Å². The van der Waals surface area contributed by atoms with Crippen LogP contribution in [0.4, 0.5) is 20.3 Å². The number of fused-ring (bicyclic) bond motifs is 6. The highest BCUT2D eigenvalue weighted by Crippen LogP contribution is 2.42. The lowest BCUT2D eigenvalue weighted by atomic mass is 9.95. The van der Waals surface area contributed by atoms with Crippen LogP contribution in [0, 0.1) is 11.7 Å². The van der Waals surface area contributed by atoms with Gasteiger partial charge in [-0.05, 0) is 74.2 Å². The van der Waals surface area contributed by atoms with Crippen LogP contribution in [0.2, 0.25) is 0 Å². The van der Waals surface area contributed by atoms with Gasteiger partial charge >= 0.3 is 6.01 Å². The molecule has 290 valence electrons. The standard InChI is InChI=1S/C41H48F2N8O4/c1-2-31-33(43)6-5-26-14-30(52)16-36(37(26)31)47-12-7-32-35(21-47)44-40(55-24-41-8-3-10-49(41)19-27(42)17-41)45-38(32)48-9-4-11-51-28(20-48)15-34(46-51)39(53)50-18-25-13-29(50)23-54-22-25/h5-6,14-16,25,27,29,52H,2-4,7-13,17-24H2,1H3/t25?,27-,29?,41+/m1/s1. The third-order valence-electron chi connectivity index (χ3n) is 13.0. The molecule has 4 atom stereocenters. The molecule has 0 saturated carbocycles. The number of aromatic hydroxyl groups is 1. The molecule has 1 N–H and O–H groups in total. The molecule has 2 unspecified atom stereocenters. The van der Waals surface area contributed by atoms with Gasteiger partial charge in [-0.2, -0.15) is 15.1 Å². The molecular formula is C41H48F2N8O4. The van der Waals surface area contributed by atoms with E-state index in [-0.39, 0.29) is 35.1 Å². The Labute approximate surface area is 319 Å². The molecule has 0 spiro atoms. The number of rotatable bonds is 7. The van der Waals surface area contributed by atoms with Gasteiger partial charge in [0.1, 0.15) is 30.2 Å². The predicted octanol–water partition coefficient (Wildman–Crippen LogP) is 5.02. The van der Waals surface area contributed by atoms with Crippen LogP contribution in [-0.4, -0.2) is 111 Å². The van der Waals surface area contributed by atoms with Crippen LogP contribution < -0.4 is 14.5 Å². The number of anilines is 2. The van der Waals surface area contributed by atoms with Gasteiger partial charge in [-0.25, -0.2) is 8.78 Å². The smallest absolute Gasteiger partial charge is 0.318 e. The van der Waals surface area contributed by atoms with Crippen molar-refractivity contribution in [1.29, 1.82) is 0 Å². The number of phenolic OH excluding ortho intramolecular Hbond substituents is 1.